The average Bonchev–Trinajstić information content (AvgIpc) is 3.43. The molecule has 3 fully saturated rings. The van der Waals surface area contributed by atoms with E-state index in [1.54, 1.807) is 36.4 Å². The van der Waals surface area contributed by atoms with Gasteiger partial charge in [0.1, 0.15) is 5.82 Å². The minimum Gasteiger partial charge on any atom is -0.504 e. The molecule has 2 saturated heterocycles. The van der Waals surface area contributed by atoms with Crippen molar-refractivity contribution in [2.45, 2.75) is 24.2 Å². The van der Waals surface area contributed by atoms with Crippen LogP contribution in [0.15, 0.2) is 72.3 Å². The number of amides is 4. The van der Waals surface area contributed by atoms with Crippen molar-refractivity contribution in [1.82, 2.24) is 10.3 Å². The highest BCUT2D eigenvalue weighted by molar-refractivity contribution is 14.1. The zero-order valence-electron chi connectivity index (χ0n) is 23.7. The van der Waals surface area contributed by atoms with E-state index in [2.05, 4.69) is 10.7 Å². The summed E-state index contributed by atoms with van der Waals surface area (Å²) in [7, 11) is 1.42. The number of aromatic hydroxyl groups is 1. The van der Waals surface area contributed by atoms with Crippen LogP contribution in [0.4, 0.5) is 10.1 Å². The molecule has 45 heavy (non-hydrogen) atoms. The van der Waals surface area contributed by atoms with Crippen molar-refractivity contribution in [1.29, 1.82) is 0 Å². The van der Waals surface area contributed by atoms with Crippen LogP contribution in [0.5, 0.6) is 11.5 Å². The van der Waals surface area contributed by atoms with Crippen LogP contribution in [0, 0.1) is 33.1 Å². The number of carbonyl (C=O) groups is 4. The second-order valence-corrected chi connectivity index (χ2v) is 13.4. The summed E-state index contributed by atoms with van der Waals surface area (Å²) >= 11 is 8.29. The molecular formula is C33H26ClFIN3O6. The highest BCUT2D eigenvalue weighted by Crippen LogP contribution is 2.64. The molecule has 12 heteroatoms. The third-order valence-corrected chi connectivity index (χ3v) is 10.8. The molecule has 0 unspecified atom stereocenters. The summed E-state index contributed by atoms with van der Waals surface area (Å²) < 4.78 is 19.7. The third-order valence-electron chi connectivity index (χ3n) is 9.70. The zero-order valence-corrected chi connectivity index (χ0v) is 26.6. The number of anilines is 1. The molecular weight excluding hydrogens is 716 g/mol. The molecule has 2 heterocycles. The van der Waals surface area contributed by atoms with Crippen LogP contribution in [0.3, 0.4) is 0 Å². The normalized spacial score (nSPS) is 28.7. The van der Waals surface area contributed by atoms with E-state index in [0.717, 1.165) is 10.6 Å². The fourth-order valence-corrected chi connectivity index (χ4v) is 8.61. The average molecular weight is 742 g/mol. The van der Waals surface area contributed by atoms with Gasteiger partial charge in [0, 0.05) is 10.9 Å². The number of hydrogen-bond donors (Lipinski definition) is 3. The number of phenols is 1. The van der Waals surface area contributed by atoms with Crippen LogP contribution in [0.25, 0.3) is 0 Å². The van der Waals surface area contributed by atoms with Gasteiger partial charge in [0.2, 0.25) is 11.8 Å². The van der Waals surface area contributed by atoms with Crippen LogP contribution in [0.2, 0.25) is 5.02 Å². The number of nitrogens with zero attached hydrogens (tertiary/aromatic N) is 1. The van der Waals surface area contributed by atoms with E-state index >= 15 is 4.79 Å². The second-order valence-electron chi connectivity index (χ2n) is 11.8. The van der Waals surface area contributed by atoms with Gasteiger partial charge in [-0.15, -0.1) is 0 Å². The summed E-state index contributed by atoms with van der Waals surface area (Å²) in [5.74, 6) is -5.73. The number of hydrazine groups is 1. The Balaban J connectivity index is 1.50. The number of fused-ring (bicyclic) bond motifs is 4. The molecule has 0 bridgehead atoms. The third kappa shape index (κ3) is 4.38. The predicted octanol–water partition coefficient (Wildman–Crippen LogP) is 5.07. The molecule has 4 amide bonds. The van der Waals surface area contributed by atoms with Gasteiger partial charge in [-0.1, -0.05) is 35.4 Å². The maximum Gasteiger partial charge on any atom is 0.260 e. The first-order valence-corrected chi connectivity index (χ1v) is 15.8. The van der Waals surface area contributed by atoms with Crippen molar-refractivity contribution in [2.24, 2.45) is 23.7 Å². The number of methoxy groups -OCH3 is 1. The van der Waals surface area contributed by atoms with Crippen molar-refractivity contribution in [3.05, 3.63) is 97.8 Å². The fourth-order valence-electron chi connectivity index (χ4n) is 7.86. The van der Waals surface area contributed by atoms with Crippen molar-refractivity contribution in [3.63, 3.8) is 0 Å². The molecule has 2 aliphatic carbocycles. The van der Waals surface area contributed by atoms with Crippen molar-refractivity contribution >= 4 is 63.5 Å². The number of ether oxygens (including phenoxy) is 1. The van der Waals surface area contributed by atoms with Crippen LogP contribution < -0.4 is 15.5 Å². The molecule has 230 valence electrons. The minimum absolute atomic E-state index is 0.0711. The Bertz CT molecular complexity index is 1820. The molecule has 3 N–H and O–H groups in total. The Hall–Kier alpha value is -3.97. The lowest BCUT2D eigenvalue weighted by Crippen LogP contribution is -2.53. The number of halogens is 3. The van der Waals surface area contributed by atoms with Gasteiger partial charge in [-0.05, 0) is 101 Å². The topological polar surface area (TPSA) is 125 Å². The highest BCUT2D eigenvalue weighted by Gasteiger charge is 2.70. The maximum atomic E-state index is 15.0. The van der Waals surface area contributed by atoms with Gasteiger partial charge in [-0.3, -0.25) is 29.9 Å². The van der Waals surface area contributed by atoms with Gasteiger partial charge in [0.05, 0.1) is 39.5 Å². The maximum absolute atomic E-state index is 15.0. The first-order chi connectivity index (χ1) is 21.6. The Kier molecular flexibility index (Phi) is 7.16. The Morgan fingerprint density at radius 1 is 1.04 bits per heavy atom. The van der Waals surface area contributed by atoms with E-state index < -0.39 is 58.5 Å². The van der Waals surface area contributed by atoms with E-state index in [1.165, 1.54) is 31.4 Å². The monoisotopic (exact) mass is 741 g/mol. The lowest BCUT2D eigenvalue weighted by molar-refractivity contribution is -0.138. The predicted molar refractivity (Wildman–Crippen MR) is 170 cm³/mol. The first kappa shape index (κ1) is 29.7. The van der Waals surface area contributed by atoms with Gasteiger partial charge in [0.15, 0.2) is 11.5 Å². The molecule has 4 aliphatic rings. The Morgan fingerprint density at radius 2 is 1.76 bits per heavy atom. The van der Waals surface area contributed by atoms with Gasteiger partial charge < -0.3 is 9.84 Å². The quantitative estimate of drug-likeness (QED) is 0.190. The van der Waals surface area contributed by atoms with E-state index in [1.807, 2.05) is 28.7 Å². The van der Waals surface area contributed by atoms with E-state index in [-0.39, 0.29) is 30.2 Å². The molecule has 9 nitrogen and oxygen atoms in total. The number of hydrogen-bond acceptors (Lipinski definition) is 7. The Morgan fingerprint density at radius 3 is 2.44 bits per heavy atom. The molecule has 0 spiro atoms. The lowest BCUT2D eigenvalue weighted by atomic mass is 9.49. The zero-order chi connectivity index (χ0) is 31.8. The summed E-state index contributed by atoms with van der Waals surface area (Å²) in [6, 6.07) is 15.5. The number of benzene rings is 3. The van der Waals surface area contributed by atoms with Crippen LogP contribution in [-0.2, 0) is 24.6 Å². The second kappa shape index (κ2) is 10.8. The van der Waals surface area contributed by atoms with Crippen molar-refractivity contribution in [2.75, 3.05) is 12.5 Å². The van der Waals surface area contributed by atoms with E-state index in [0.29, 0.717) is 25.4 Å². The number of imide groups is 2. The highest BCUT2D eigenvalue weighted by atomic mass is 127. The molecule has 3 aromatic rings. The van der Waals surface area contributed by atoms with Crippen molar-refractivity contribution in [3.8, 4) is 11.5 Å². The van der Waals surface area contributed by atoms with Gasteiger partial charge in [-0.25, -0.2) is 4.39 Å². The summed E-state index contributed by atoms with van der Waals surface area (Å²) in [6.07, 6.45) is 2.35. The fraction of sp³-hybridized carbons (Fsp3) is 0.273. The summed E-state index contributed by atoms with van der Waals surface area (Å²) in [5, 5.41) is 14.6. The van der Waals surface area contributed by atoms with Gasteiger partial charge in [0.25, 0.3) is 11.8 Å². The summed E-state index contributed by atoms with van der Waals surface area (Å²) in [6.45, 7) is 0. The molecule has 7 rings (SSSR count). The molecule has 0 aromatic heterocycles. The van der Waals surface area contributed by atoms with Crippen LogP contribution in [-0.4, -0.2) is 40.9 Å². The smallest absolute Gasteiger partial charge is 0.260 e. The summed E-state index contributed by atoms with van der Waals surface area (Å²) in [5.41, 5.74) is 3.62. The standard InChI is InChI=1S/C33H26ClFIN3O6/c1-45-25-13-15(12-24(36)28(25)40)27-20-10-11-21-26(30(42)37-29(21)41)22(20)14-23-31(43)39(38-19-8-6-18(35)7-9-19)32(44)33(23,27)16-2-4-17(34)5-3-16/h2-10,12-13,21-23,26-27,38,40H,11,14H2,1H3,(H,37,41,42)/t21-,22+,23-,26-,27-,33+/m0/s1. The summed E-state index contributed by atoms with van der Waals surface area (Å²) in [4.78, 5) is 55.5. The van der Waals surface area contributed by atoms with Crippen molar-refractivity contribution < 1.29 is 33.4 Å². The number of nitrogens with one attached hydrogen (secondary N) is 2. The largest absolute Gasteiger partial charge is 0.504 e. The van der Waals surface area contributed by atoms with E-state index in [4.69, 9.17) is 16.3 Å². The number of carbonyl (C=O) groups excluding carboxylic acids is 4. The van der Waals surface area contributed by atoms with Crippen LogP contribution >= 0.6 is 34.2 Å². The first-order valence-electron chi connectivity index (χ1n) is 14.3. The molecule has 3 aromatic carbocycles. The SMILES string of the molecule is COc1cc([C@H]2C3=CC[C@@H]4C(=O)NC(=O)[C@@H]4[C@@H]3C[C@H]3C(=O)N(Nc4ccc(F)cc4)C(=O)[C@@]23c2ccc(Cl)cc2)cc(I)c1O. The van der Waals surface area contributed by atoms with Gasteiger partial charge in [-0.2, -0.15) is 5.01 Å². The Labute approximate surface area is 275 Å². The molecule has 2 aliphatic heterocycles. The minimum atomic E-state index is -1.52. The lowest BCUT2D eigenvalue weighted by Gasteiger charge is -2.50. The van der Waals surface area contributed by atoms with Gasteiger partial charge >= 0.3 is 0 Å². The van der Waals surface area contributed by atoms with Crippen LogP contribution in [0.1, 0.15) is 29.9 Å². The molecule has 1 saturated carbocycles. The number of rotatable bonds is 5. The number of allylic oxidation sites excluding steroid dienone is 2. The van der Waals surface area contributed by atoms with E-state index in [9.17, 15) is 23.9 Å². The molecule has 0 radical (unpaired) electrons. The number of phenolic OH excluding ortho intramolecular Hbond substituents is 1. The molecule has 6 atom stereocenters.